The summed E-state index contributed by atoms with van der Waals surface area (Å²) in [5.41, 5.74) is -0.763. The zero-order valence-corrected chi connectivity index (χ0v) is 15.8. The summed E-state index contributed by atoms with van der Waals surface area (Å²) in [6.45, 7) is 0. The Balaban J connectivity index is 1.63. The van der Waals surface area contributed by atoms with Gasteiger partial charge in [-0.05, 0) is 30.7 Å². The van der Waals surface area contributed by atoms with Crippen molar-refractivity contribution in [1.29, 1.82) is 0 Å². The fourth-order valence-corrected chi connectivity index (χ4v) is 4.20. The molecule has 11 heteroatoms. The molecule has 1 N–H and O–H groups in total. The van der Waals surface area contributed by atoms with E-state index in [2.05, 4.69) is 10.3 Å². The first-order chi connectivity index (χ1) is 14.2. The van der Waals surface area contributed by atoms with E-state index in [1.54, 1.807) is 6.07 Å². The van der Waals surface area contributed by atoms with Gasteiger partial charge in [0.1, 0.15) is 11.1 Å². The number of rotatable bonds is 3. The number of piperidine rings is 1. The number of hydrogen-bond donors (Lipinski definition) is 1. The van der Waals surface area contributed by atoms with Gasteiger partial charge < -0.3 is 0 Å². The Bertz CT molecular complexity index is 1090. The number of amides is 4. The predicted molar refractivity (Wildman–Crippen MR) is 96.5 cm³/mol. The molecule has 1 aromatic heterocycles. The first kappa shape index (κ1) is 20.1. The Labute approximate surface area is 171 Å². The molecule has 2 aliphatic heterocycles. The third-order valence-corrected chi connectivity index (χ3v) is 5.72. The van der Waals surface area contributed by atoms with Gasteiger partial charge in [0.15, 0.2) is 0 Å². The quantitative estimate of drug-likeness (QED) is 0.745. The van der Waals surface area contributed by atoms with Crippen molar-refractivity contribution in [2.45, 2.75) is 35.0 Å². The van der Waals surface area contributed by atoms with Gasteiger partial charge in [0.05, 0.1) is 16.7 Å². The second kappa shape index (κ2) is 7.24. The zero-order chi connectivity index (χ0) is 21.6. The van der Waals surface area contributed by atoms with Gasteiger partial charge in [-0.25, -0.2) is 4.98 Å². The van der Waals surface area contributed by atoms with E-state index in [0.717, 1.165) is 22.7 Å². The number of alkyl halides is 3. The highest BCUT2D eigenvalue weighted by Crippen LogP contribution is 2.37. The highest BCUT2D eigenvalue weighted by molar-refractivity contribution is 7.99. The summed E-state index contributed by atoms with van der Waals surface area (Å²) in [5.74, 6) is -2.55. The molecule has 0 spiro atoms. The van der Waals surface area contributed by atoms with E-state index in [4.69, 9.17) is 0 Å². The number of benzene rings is 1. The molecule has 154 valence electrons. The van der Waals surface area contributed by atoms with Crippen LogP contribution < -0.4 is 5.32 Å². The number of carbonyl (C=O) groups excluding carboxylic acids is 4. The zero-order valence-electron chi connectivity index (χ0n) is 15.0. The van der Waals surface area contributed by atoms with Crippen LogP contribution in [-0.2, 0) is 15.8 Å². The molecule has 3 heterocycles. The van der Waals surface area contributed by atoms with Crippen molar-refractivity contribution in [1.82, 2.24) is 15.2 Å². The molecule has 2 aromatic rings. The molecule has 0 radical (unpaired) electrons. The molecule has 1 unspecified atom stereocenters. The lowest BCUT2D eigenvalue weighted by Gasteiger charge is -2.27. The van der Waals surface area contributed by atoms with Gasteiger partial charge in [-0.15, -0.1) is 0 Å². The predicted octanol–water partition coefficient (Wildman–Crippen LogP) is 2.65. The molecule has 0 bridgehead atoms. The van der Waals surface area contributed by atoms with Crippen LogP contribution in [0.2, 0.25) is 0 Å². The normalized spacial score (nSPS) is 19.2. The minimum atomic E-state index is -4.52. The molecule has 1 saturated heterocycles. The lowest BCUT2D eigenvalue weighted by atomic mass is 10.0. The van der Waals surface area contributed by atoms with Crippen LogP contribution in [-0.4, -0.2) is 39.6 Å². The SMILES string of the molecule is O=C1CCC(N2C(=O)c3cccc(Sc4ccc(C(F)(F)F)cn4)c3C2=O)C(=O)N1. The van der Waals surface area contributed by atoms with Gasteiger partial charge in [-0.3, -0.25) is 29.4 Å². The Morgan fingerprint density at radius 1 is 1.07 bits per heavy atom. The molecule has 7 nitrogen and oxygen atoms in total. The van der Waals surface area contributed by atoms with Crippen LogP contribution in [0.15, 0.2) is 46.5 Å². The van der Waals surface area contributed by atoms with Crippen LogP contribution in [0.5, 0.6) is 0 Å². The van der Waals surface area contributed by atoms with E-state index >= 15 is 0 Å². The number of nitrogens with zero attached hydrogens (tertiary/aromatic N) is 2. The van der Waals surface area contributed by atoms with Crippen LogP contribution >= 0.6 is 11.8 Å². The summed E-state index contributed by atoms with van der Waals surface area (Å²) in [7, 11) is 0. The molecule has 4 rings (SSSR count). The Morgan fingerprint density at radius 2 is 1.83 bits per heavy atom. The molecular formula is C19H12F3N3O4S. The Morgan fingerprint density at radius 3 is 2.47 bits per heavy atom. The lowest BCUT2D eigenvalue weighted by molar-refractivity contribution is -0.138. The van der Waals surface area contributed by atoms with E-state index < -0.39 is 41.4 Å². The van der Waals surface area contributed by atoms with Crippen molar-refractivity contribution < 1.29 is 32.3 Å². The molecule has 0 saturated carbocycles. The fraction of sp³-hybridized carbons (Fsp3) is 0.211. The van der Waals surface area contributed by atoms with E-state index in [-0.39, 0.29) is 29.0 Å². The highest BCUT2D eigenvalue weighted by atomic mass is 32.2. The summed E-state index contributed by atoms with van der Waals surface area (Å²) in [6.07, 6.45) is -3.80. The minimum Gasteiger partial charge on any atom is -0.295 e. The number of fused-ring (bicyclic) bond motifs is 1. The average Bonchev–Trinajstić information content (AvgIpc) is 2.93. The largest absolute Gasteiger partial charge is 0.417 e. The average molecular weight is 435 g/mol. The van der Waals surface area contributed by atoms with Crippen molar-refractivity contribution in [3.8, 4) is 0 Å². The maximum atomic E-state index is 13.0. The number of aromatic nitrogens is 1. The first-order valence-corrected chi connectivity index (χ1v) is 9.54. The topological polar surface area (TPSA) is 96.4 Å². The van der Waals surface area contributed by atoms with Gasteiger partial charge in [0.2, 0.25) is 11.8 Å². The van der Waals surface area contributed by atoms with Crippen LogP contribution in [0.1, 0.15) is 39.1 Å². The third-order valence-electron chi connectivity index (χ3n) is 4.71. The van der Waals surface area contributed by atoms with Crippen molar-refractivity contribution >= 4 is 35.4 Å². The molecule has 2 aliphatic rings. The summed E-state index contributed by atoms with van der Waals surface area (Å²) < 4.78 is 38.1. The van der Waals surface area contributed by atoms with Crippen LogP contribution in [0.4, 0.5) is 13.2 Å². The summed E-state index contributed by atoms with van der Waals surface area (Å²) >= 11 is 0.935. The van der Waals surface area contributed by atoms with Gasteiger partial charge in [0.25, 0.3) is 11.8 Å². The number of hydrogen-bond acceptors (Lipinski definition) is 6. The maximum Gasteiger partial charge on any atom is 0.417 e. The van der Waals surface area contributed by atoms with Gasteiger partial charge >= 0.3 is 6.18 Å². The van der Waals surface area contributed by atoms with Crippen molar-refractivity contribution in [3.63, 3.8) is 0 Å². The first-order valence-electron chi connectivity index (χ1n) is 8.72. The number of carbonyl (C=O) groups is 4. The number of pyridine rings is 1. The Kier molecular flexibility index (Phi) is 4.85. The number of imide groups is 2. The Hall–Kier alpha value is -3.21. The smallest absolute Gasteiger partial charge is 0.295 e. The molecule has 1 atom stereocenters. The van der Waals surface area contributed by atoms with E-state index in [1.165, 1.54) is 18.2 Å². The van der Waals surface area contributed by atoms with Crippen LogP contribution in [0.3, 0.4) is 0 Å². The summed E-state index contributed by atoms with van der Waals surface area (Å²) in [5, 5.41) is 2.32. The standard InChI is InChI=1S/C19H12F3N3O4S/c20-19(21,22)9-4-7-14(23-8-9)30-12-3-1-2-10-15(12)18(29)25(17(10)28)11-5-6-13(26)24-16(11)27/h1-4,7-8,11H,5-6H2,(H,24,26,27). The molecule has 1 fully saturated rings. The molecule has 4 amide bonds. The second-order valence-electron chi connectivity index (χ2n) is 6.61. The molecule has 1 aromatic carbocycles. The van der Waals surface area contributed by atoms with E-state index in [1.807, 2.05) is 0 Å². The van der Waals surface area contributed by atoms with Crippen molar-refractivity contribution in [2.24, 2.45) is 0 Å². The minimum absolute atomic E-state index is 0.000886. The maximum absolute atomic E-state index is 13.0. The van der Waals surface area contributed by atoms with Crippen molar-refractivity contribution in [2.75, 3.05) is 0 Å². The van der Waals surface area contributed by atoms with Gasteiger partial charge in [0, 0.05) is 17.5 Å². The molecular weight excluding hydrogens is 423 g/mol. The van der Waals surface area contributed by atoms with E-state index in [0.29, 0.717) is 11.1 Å². The third kappa shape index (κ3) is 3.45. The van der Waals surface area contributed by atoms with Crippen LogP contribution in [0, 0.1) is 0 Å². The fourth-order valence-electron chi connectivity index (χ4n) is 3.29. The molecule has 0 aliphatic carbocycles. The number of nitrogens with one attached hydrogen (secondary N) is 1. The van der Waals surface area contributed by atoms with Crippen LogP contribution in [0.25, 0.3) is 0 Å². The lowest BCUT2D eigenvalue weighted by Crippen LogP contribution is -2.54. The van der Waals surface area contributed by atoms with Gasteiger partial charge in [-0.2, -0.15) is 13.2 Å². The van der Waals surface area contributed by atoms with Gasteiger partial charge in [-0.1, -0.05) is 17.8 Å². The van der Waals surface area contributed by atoms with E-state index in [9.17, 15) is 32.3 Å². The molecule has 30 heavy (non-hydrogen) atoms. The summed E-state index contributed by atoms with van der Waals surface area (Å²) in [4.78, 5) is 54.2. The highest BCUT2D eigenvalue weighted by Gasteiger charge is 2.45. The van der Waals surface area contributed by atoms with Crippen molar-refractivity contribution in [3.05, 3.63) is 53.2 Å². The summed E-state index contributed by atoms with van der Waals surface area (Å²) in [6, 6.07) is 5.46. The monoisotopic (exact) mass is 435 g/mol. The number of halogens is 3. The second-order valence-corrected chi connectivity index (χ2v) is 7.67.